The Bertz CT molecular complexity index is 1920. The van der Waals surface area contributed by atoms with Crippen LogP contribution in [0.15, 0.2) is 164 Å². The summed E-state index contributed by atoms with van der Waals surface area (Å²) < 4.78 is 0. The molecule has 0 N–H and O–H groups in total. The third-order valence-corrected chi connectivity index (χ3v) is 7.26. The van der Waals surface area contributed by atoms with Gasteiger partial charge in [-0.25, -0.2) is 9.97 Å². The molecule has 0 aliphatic carbocycles. The zero-order chi connectivity index (χ0) is 27.4. The molecular formula is C38H27N3. The lowest BCUT2D eigenvalue weighted by Crippen LogP contribution is -2.11. The fraction of sp³-hybridized carbons (Fsp3) is 0. The fourth-order valence-corrected chi connectivity index (χ4v) is 5.30. The summed E-state index contributed by atoms with van der Waals surface area (Å²) in [5.41, 5.74) is 11.2. The maximum atomic E-state index is 5.09. The van der Waals surface area contributed by atoms with E-state index in [4.69, 9.17) is 9.97 Å². The van der Waals surface area contributed by atoms with Crippen molar-refractivity contribution < 1.29 is 0 Å². The molecule has 0 fully saturated rings. The fourth-order valence-electron chi connectivity index (χ4n) is 5.30. The zero-order valence-electron chi connectivity index (χ0n) is 22.4. The topological polar surface area (TPSA) is 29.0 Å². The van der Waals surface area contributed by atoms with E-state index in [1.54, 1.807) is 0 Å². The molecule has 1 aromatic heterocycles. The van der Waals surface area contributed by atoms with Crippen LogP contribution in [-0.2, 0) is 0 Å². The monoisotopic (exact) mass is 525 g/mol. The molecule has 0 saturated carbocycles. The van der Waals surface area contributed by atoms with Crippen molar-refractivity contribution in [3.63, 3.8) is 0 Å². The molecule has 0 radical (unpaired) electrons. The van der Waals surface area contributed by atoms with Crippen molar-refractivity contribution in [1.82, 2.24) is 9.97 Å². The van der Waals surface area contributed by atoms with E-state index < -0.39 is 0 Å². The Morgan fingerprint density at radius 3 is 1.39 bits per heavy atom. The molecular weight excluding hydrogens is 498 g/mol. The number of para-hydroxylation sites is 4. The number of hydrogen-bond donors (Lipinski definition) is 0. The molecule has 3 heteroatoms. The Kier molecular flexibility index (Phi) is 6.52. The molecule has 6 aromatic carbocycles. The summed E-state index contributed by atoms with van der Waals surface area (Å²) in [6.45, 7) is 0. The number of fused-ring (bicyclic) bond motifs is 1. The second-order valence-corrected chi connectivity index (χ2v) is 9.88. The van der Waals surface area contributed by atoms with E-state index in [9.17, 15) is 0 Å². The van der Waals surface area contributed by atoms with Gasteiger partial charge in [0.25, 0.3) is 0 Å². The van der Waals surface area contributed by atoms with E-state index in [0.717, 1.165) is 50.6 Å². The van der Waals surface area contributed by atoms with Crippen LogP contribution in [0.1, 0.15) is 0 Å². The maximum Gasteiger partial charge on any atom is 0.0973 e. The largest absolute Gasteiger partial charge is 0.310 e. The van der Waals surface area contributed by atoms with Crippen LogP contribution in [0.25, 0.3) is 44.7 Å². The molecule has 1 heterocycles. The average Bonchev–Trinajstić information content (AvgIpc) is 3.06. The molecule has 41 heavy (non-hydrogen) atoms. The molecule has 0 bridgehead atoms. The SMILES string of the molecule is c1ccc(-c2ccccc2N(c2ccccc2)c2ccc(-c3nc4ccccc4nc3-c3ccccc3)cc2)cc1. The smallest absolute Gasteiger partial charge is 0.0973 e. The van der Waals surface area contributed by atoms with Gasteiger partial charge in [-0.2, -0.15) is 0 Å². The number of aromatic nitrogens is 2. The number of anilines is 3. The summed E-state index contributed by atoms with van der Waals surface area (Å²) in [6, 6.07) is 56.6. The first kappa shape index (κ1) is 24.5. The first-order valence-electron chi connectivity index (χ1n) is 13.8. The Hall–Kier alpha value is -5.54. The van der Waals surface area contributed by atoms with Crippen LogP contribution in [-0.4, -0.2) is 9.97 Å². The molecule has 0 aliphatic heterocycles. The van der Waals surface area contributed by atoms with E-state index in [-0.39, 0.29) is 0 Å². The van der Waals surface area contributed by atoms with Gasteiger partial charge in [0.05, 0.1) is 28.1 Å². The highest BCUT2D eigenvalue weighted by molar-refractivity contribution is 5.90. The van der Waals surface area contributed by atoms with Crippen molar-refractivity contribution in [2.45, 2.75) is 0 Å². The summed E-state index contributed by atoms with van der Waals surface area (Å²) in [5, 5.41) is 0. The van der Waals surface area contributed by atoms with Crippen molar-refractivity contribution in [2.24, 2.45) is 0 Å². The van der Waals surface area contributed by atoms with E-state index in [1.165, 1.54) is 11.1 Å². The van der Waals surface area contributed by atoms with E-state index in [2.05, 4.69) is 126 Å². The second-order valence-electron chi connectivity index (χ2n) is 9.88. The highest BCUT2D eigenvalue weighted by atomic mass is 15.1. The van der Waals surface area contributed by atoms with Gasteiger partial charge in [0, 0.05) is 28.1 Å². The summed E-state index contributed by atoms with van der Waals surface area (Å²) in [7, 11) is 0. The van der Waals surface area contributed by atoms with Crippen LogP contribution < -0.4 is 4.90 Å². The lowest BCUT2D eigenvalue weighted by molar-refractivity contribution is 1.27. The summed E-state index contributed by atoms with van der Waals surface area (Å²) in [6.07, 6.45) is 0. The molecule has 0 spiro atoms. The molecule has 7 rings (SSSR count). The third kappa shape index (κ3) is 4.86. The van der Waals surface area contributed by atoms with Gasteiger partial charge in [-0.05, 0) is 48.0 Å². The molecule has 0 atom stereocenters. The number of rotatable bonds is 6. The molecule has 0 unspecified atom stereocenters. The van der Waals surface area contributed by atoms with Gasteiger partial charge in [-0.3, -0.25) is 0 Å². The second kappa shape index (κ2) is 10.9. The normalized spacial score (nSPS) is 10.9. The summed E-state index contributed by atoms with van der Waals surface area (Å²) in [5.74, 6) is 0. The third-order valence-electron chi connectivity index (χ3n) is 7.26. The van der Waals surface area contributed by atoms with Crippen LogP contribution in [0.5, 0.6) is 0 Å². The minimum absolute atomic E-state index is 0.873. The number of hydrogen-bond acceptors (Lipinski definition) is 3. The molecule has 0 saturated heterocycles. The van der Waals surface area contributed by atoms with Gasteiger partial charge in [-0.15, -0.1) is 0 Å². The van der Waals surface area contributed by atoms with Gasteiger partial charge >= 0.3 is 0 Å². The lowest BCUT2D eigenvalue weighted by Gasteiger charge is -2.28. The van der Waals surface area contributed by atoms with Gasteiger partial charge < -0.3 is 4.90 Å². The quantitative estimate of drug-likeness (QED) is 0.216. The van der Waals surface area contributed by atoms with Crippen molar-refractivity contribution in [3.05, 3.63) is 164 Å². The van der Waals surface area contributed by atoms with Crippen molar-refractivity contribution in [3.8, 4) is 33.6 Å². The van der Waals surface area contributed by atoms with Gasteiger partial charge in [0.2, 0.25) is 0 Å². The van der Waals surface area contributed by atoms with E-state index in [1.807, 2.05) is 42.5 Å². The van der Waals surface area contributed by atoms with Gasteiger partial charge in [0.1, 0.15) is 0 Å². The van der Waals surface area contributed by atoms with Crippen LogP contribution in [0.4, 0.5) is 17.1 Å². The minimum atomic E-state index is 0.873. The molecule has 194 valence electrons. The van der Waals surface area contributed by atoms with E-state index in [0.29, 0.717) is 0 Å². The highest BCUT2D eigenvalue weighted by Crippen LogP contribution is 2.41. The lowest BCUT2D eigenvalue weighted by atomic mass is 10.0. The number of nitrogens with zero attached hydrogens (tertiary/aromatic N) is 3. The average molecular weight is 526 g/mol. The van der Waals surface area contributed by atoms with Crippen molar-refractivity contribution >= 4 is 28.1 Å². The summed E-state index contributed by atoms with van der Waals surface area (Å²) >= 11 is 0. The molecule has 0 amide bonds. The Labute approximate surface area is 240 Å². The maximum absolute atomic E-state index is 5.09. The standard InChI is InChI=1S/C38H27N3/c1-4-14-28(15-5-1)33-20-10-13-23-36(33)41(31-18-8-3-9-19-31)32-26-24-30(25-27-32)38-37(29-16-6-2-7-17-29)39-34-21-11-12-22-35(34)40-38/h1-27H. The number of benzene rings is 6. The van der Waals surface area contributed by atoms with Gasteiger partial charge in [-0.1, -0.05) is 121 Å². The molecule has 0 aliphatic rings. The van der Waals surface area contributed by atoms with Crippen LogP contribution in [0.2, 0.25) is 0 Å². The first-order valence-corrected chi connectivity index (χ1v) is 13.8. The van der Waals surface area contributed by atoms with Crippen molar-refractivity contribution in [1.29, 1.82) is 0 Å². The summed E-state index contributed by atoms with van der Waals surface area (Å²) in [4.78, 5) is 12.5. The molecule has 3 nitrogen and oxygen atoms in total. The minimum Gasteiger partial charge on any atom is -0.310 e. The van der Waals surface area contributed by atoms with Crippen LogP contribution >= 0.6 is 0 Å². The zero-order valence-corrected chi connectivity index (χ0v) is 22.4. The highest BCUT2D eigenvalue weighted by Gasteiger charge is 2.18. The Morgan fingerprint density at radius 2 is 0.780 bits per heavy atom. The van der Waals surface area contributed by atoms with E-state index >= 15 is 0 Å². The van der Waals surface area contributed by atoms with Gasteiger partial charge in [0.15, 0.2) is 0 Å². The van der Waals surface area contributed by atoms with Crippen molar-refractivity contribution in [2.75, 3.05) is 4.90 Å². The predicted molar refractivity (Wildman–Crippen MR) is 171 cm³/mol. The Morgan fingerprint density at radius 1 is 0.341 bits per heavy atom. The predicted octanol–water partition coefficient (Wildman–Crippen LogP) is 10.1. The van der Waals surface area contributed by atoms with Crippen LogP contribution in [0, 0.1) is 0 Å². The Balaban J connectivity index is 1.37. The molecule has 7 aromatic rings. The van der Waals surface area contributed by atoms with Crippen LogP contribution in [0.3, 0.4) is 0 Å². The first-order chi connectivity index (χ1) is 20.3.